The van der Waals surface area contributed by atoms with Gasteiger partial charge >= 0.3 is 5.97 Å². The first-order chi connectivity index (χ1) is 24.0. The van der Waals surface area contributed by atoms with Gasteiger partial charge in [-0.3, -0.25) is 9.35 Å². The van der Waals surface area contributed by atoms with Gasteiger partial charge in [0.1, 0.15) is 69.0 Å². The highest BCUT2D eigenvalue weighted by molar-refractivity contribution is 8.19. The van der Waals surface area contributed by atoms with Gasteiger partial charge in [0, 0.05) is 17.5 Å². The minimum Gasteiger partial charge on any atom is -0.505 e. The molecule has 0 aliphatic carbocycles. The molecule has 22 heteroatoms. The average molecular weight is 752 g/mol. The van der Waals surface area contributed by atoms with Gasteiger partial charge in [0.15, 0.2) is 12.0 Å². The van der Waals surface area contributed by atoms with E-state index in [1.54, 1.807) is 0 Å². The van der Waals surface area contributed by atoms with E-state index in [2.05, 4.69) is 20.5 Å². The lowest BCUT2D eigenvalue weighted by atomic mass is 10.1. The van der Waals surface area contributed by atoms with Crippen LogP contribution in [0.25, 0.3) is 10.8 Å². The van der Waals surface area contributed by atoms with Crippen LogP contribution >= 0.6 is 10.9 Å². The minimum absolute atomic E-state index is 0.0305. The van der Waals surface area contributed by atoms with E-state index in [9.17, 15) is 56.6 Å². The highest BCUT2D eigenvalue weighted by Gasteiger charge is 2.27. The smallest absolute Gasteiger partial charge is 0.338 e. The Balaban J connectivity index is 1.92. The van der Waals surface area contributed by atoms with Crippen LogP contribution in [0.5, 0.6) is 23.0 Å². The van der Waals surface area contributed by atoms with E-state index in [1.165, 1.54) is 13.2 Å². The van der Waals surface area contributed by atoms with Gasteiger partial charge in [0.05, 0.1) is 42.0 Å². The number of nitrogens with zero attached hydrogens (tertiary/aromatic N) is 4. The molecule has 20 nitrogen and oxygen atoms in total. The topological polar surface area (TPSA) is 333 Å². The molecule has 0 spiro atoms. The lowest BCUT2D eigenvalue weighted by Crippen LogP contribution is -2.04. The first-order valence-electron chi connectivity index (χ1n) is 14.0. The molecule has 0 amide bonds. The van der Waals surface area contributed by atoms with Crippen molar-refractivity contribution in [2.24, 2.45) is 20.5 Å². The van der Waals surface area contributed by atoms with Crippen LogP contribution in [0.4, 0.5) is 28.4 Å². The molecule has 10 N–H and O–H groups in total. The Morgan fingerprint density at radius 3 is 1.84 bits per heavy atom. The van der Waals surface area contributed by atoms with Gasteiger partial charge in [-0.05, 0) is 35.7 Å². The summed E-state index contributed by atoms with van der Waals surface area (Å²) in [5, 5.41) is 55.0. The number of phenols is 1. The Bertz CT molecular complexity index is 2170. The molecule has 0 aliphatic rings. The van der Waals surface area contributed by atoms with Crippen molar-refractivity contribution < 1.29 is 70.9 Å². The fraction of sp³-hybridized carbons (Fsp3) is 0.172. The molecule has 51 heavy (non-hydrogen) atoms. The average Bonchev–Trinajstić information content (AvgIpc) is 3.07. The van der Waals surface area contributed by atoms with Crippen LogP contribution in [0.15, 0.2) is 72.7 Å². The third kappa shape index (κ3) is 8.65. The molecule has 0 atom stereocenters. The molecule has 0 aliphatic heterocycles. The van der Waals surface area contributed by atoms with Gasteiger partial charge in [-0.25, -0.2) is 4.79 Å². The normalized spacial score (nSPS) is 12.5. The second-order valence-electron chi connectivity index (χ2n) is 10.0. The Kier molecular flexibility index (Phi) is 11.7. The summed E-state index contributed by atoms with van der Waals surface area (Å²) < 4.78 is 79.6. The first-order valence-corrected chi connectivity index (χ1v) is 16.9. The van der Waals surface area contributed by atoms with Crippen molar-refractivity contribution in [3.05, 3.63) is 53.6 Å². The van der Waals surface area contributed by atoms with E-state index in [-0.39, 0.29) is 69.4 Å². The molecular formula is C29H29N5O15S2. The number of aldehydes is 1. The van der Waals surface area contributed by atoms with Crippen molar-refractivity contribution in [1.82, 2.24) is 0 Å². The van der Waals surface area contributed by atoms with Gasteiger partial charge in [0.25, 0.3) is 10.1 Å². The number of hydrogen-bond acceptors (Lipinski definition) is 18. The number of methoxy groups -OCH3 is 1. The molecule has 0 heterocycles. The Labute approximate surface area is 289 Å². The summed E-state index contributed by atoms with van der Waals surface area (Å²) in [6.45, 7) is -1.60. The van der Waals surface area contributed by atoms with Crippen LogP contribution in [0.2, 0.25) is 0 Å². The van der Waals surface area contributed by atoms with Crippen molar-refractivity contribution in [2.45, 2.75) is 9.79 Å². The number of aliphatic hydroxyl groups is 2. The number of carboxylic acids is 1. The van der Waals surface area contributed by atoms with Crippen molar-refractivity contribution in [3.63, 3.8) is 0 Å². The predicted molar refractivity (Wildman–Crippen MR) is 179 cm³/mol. The van der Waals surface area contributed by atoms with Gasteiger partial charge in [0.2, 0.25) is 0 Å². The summed E-state index contributed by atoms with van der Waals surface area (Å²) in [6.07, 6.45) is 0.417. The van der Waals surface area contributed by atoms with Gasteiger partial charge in [-0.1, -0.05) is 0 Å². The van der Waals surface area contributed by atoms with Gasteiger partial charge in [-0.2, -0.15) is 8.42 Å². The zero-order valence-corrected chi connectivity index (χ0v) is 27.7. The number of nitrogen functional groups attached to an aromatic ring is 1. The Morgan fingerprint density at radius 2 is 1.35 bits per heavy atom. The zero-order valence-electron chi connectivity index (χ0n) is 26.1. The maximum atomic E-state index is 11.9. The monoisotopic (exact) mass is 751 g/mol. The quantitative estimate of drug-likeness (QED) is 0.0332. The lowest BCUT2D eigenvalue weighted by molar-refractivity contribution is 0.0696. The van der Waals surface area contributed by atoms with Crippen LogP contribution in [0.1, 0.15) is 20.7 Å². The van der Waals surface area contributed by atoms with Gasteiger partial charge in [-0.15, -0.1) is 20.5 Å². The summed E-state index contributed by atoms with van der Waals surface area (Å²) in [7, 11) is -8.30. The molecule has 0 bridgehead atoms. The highest BCUT2D eigenvalue weighted by atomic mass is 32.3. The maximum Gasteiger partial charge on any atom is 0.338 e. The van der Waals surface area contributed by atoms with E-state index in [4.69, 9.17) is 19.9 Å². The number of aliphatic hydroxyl groups excluding tert-OH is 2. The third-order valence-corrected chi connectivity index (χ3v) is 8.53. The number of benzene rings is 4. The van der Waals surface area contributed by atoms with Crippen LogP contribution in [-0.4, -0.2) is 92.8 Å². The maximum absolute atomic E-state index is 11.9. The number of hydrogen-bond donors (Lipinski definition) is 9. The van der Waals surface area contributed by atoms with Crippen LogP contribution < -0.4 is 19.9 Å². The summed E-state index contributed by atoms with van der Waals surface area (Å²) in [4.78, 5) is 21.9. The number of carboxylic acid groups (broad SMARTS) is 1. The molecular weight excluding hydrogens is 722 g/mol. The largest absolute Gasteiger partial charge is 0.505 e. The third-order valence-electron chi connectivity index (χ3n) is 6.72. The Hall–Kier alpha value is -5.46. The molecule has 0 saturated carbocycles. The number of rotatable bonds is 15. The summed E-state index contributed by atoms with van der Waals surface area (Å²) in [5.41, 5.74) is 3.50. The van der Waals surface area contributed by atoms with Crippen molar-refractivity contribution >= 4 is 72.5 Å². The van der Waals surface area contributed by atoms with Crippen molar-refractivity contribution in [1.29, 1.82) is 0 Å². The molecule has 272 valence electrons. The number of carbonyl (C=O) groups is 2. The number of aromatic hydroxyl groups is 1. The Morgan fingerprint density at radius 1 is 0.804 bits per heavy atom. The predicted octanol–water partition coefficient (Wildman–Crippen LogP) is 5.05. The lowest BCUT2D eigenvalue weighted by Gasteiger charge is -2.22. The number of ether oxygens (including phenoxy) is 3. The van der Waals surface area contributed by atoms with Crippen LogP contribution in [-0.2, 0) is 10.1 Å². The molecule has 0 fully saturated rings. The number of aromatic carboxylic acids is 1. The molecule has 0 saturated heterocycles. The van der Waals surface area contributed by atoms with Crippen LogP contribution in [0, 0.1) is 0 Å². The molecule has 4 rings (SSSR count). The fourth-order valence-corrected chi connectivity index (χ4v) is 5.79. The van der Waals surface area contributed by atoms with Crippen molar-refractivity contribution in [3.8, 4) is 23.0 Å². The first kappa shape index (κ1) is 38.3. The van der Waals surface area contributed by atoms with E-state index in [1.807, 2.05) is 0 Å². The SMILES string of the molecule is COc1cc(C(=O)O)c(N=Nc2cc(OCCO)c(N=Nc3c(S(O)(O)O)cc4cc(S(=O)(=O)O)c(N)cc4c3O)cc2OCCO)cc1C=O. The molecule has 0 unspecified atom stereocenters. The van der Waals surface area contributed by atoms with Crippen LogP contribution in [0.3, 0.4) is 0 Å². The summed E-state index contributed by atoms with van der Waals surface area (Å²) in [6, 6.07) is 7.15. The molecule has 4 aromatic carbocycles. The number of carbonyl (C=O) groups excluding carboxylic acids is 1. The van der Waals surface area contributed by atoms with E-state index < -0.39 is 67.1 Å². The van der Waals surface area contributed by atoms with E-state index >= 15 is 0 Å². The number of anilines is 1. The molecule has 4 aromatic rings. The van der Waals surface area contributed by atoms with E-state index in [0.29, 0.717) is 6.29 Å². The number of nitrogens with two attached hydrogens (primary N) is 1. The van der Waals surface area contributed by atoms with Gasteiger partial charge < -0.3 is 54.0 Å². The number of phenolic OH excluding ortho intramolecular Hbond substituents is 1. The fourth-order valence-electron chi connectivity index (χ4n) is 4.48. The number of azo groups is 2. The zero-order chi connectivity index (χ0) is 37.7. The summed E-state index contributed by atoms with van der Waals surface area (Å²) in [5.74, 6) is -2.63. The number of fused-ring (bicyclic) bond motifs is 1. The van der Waals surface area contributed by atoms with E-state index in [0.717, 1.165) is 36.4 Å². The summed E-state index contributed by atoms with van der Waals surface area (Å²) >= 11 is 0. The van der Waals surface area contributed by atoms with Crippen molar-refractivity contribution in [2.75, 3.05) is 39.3 Å². The second kappa shape index (κ2) is 15.6. The minimum atomic E-state index is -4.85. The molecule has 0 aromatic heterocycles. The standard InChI is InChI=1S/C29H29N5O15S2/c1-47-22-10-17(29(39)40)19(6-15(22)13-37)31-32-20-11-24(49-5-3-36)21(12-23(20)48-4-2-35)33-34-27-26(51(44,45)46)8-14-7-25(50(41,42)43)18(30)9-16(14)28(27)38/h6-13,35-36,38,44-46H,2-5,30H2,1H3,(H,39,40)(H,41,42,43). The molecule has 0 radical (unpaired) electrons. The second-order valence-corrected chi connectivity index (χ2v) is 12.9. The highest BCUT2D eigenvalue weighted by Crippen LogP contribution is 2.55.